The highest BCUT2D eigenvalue weighted by atomic mass is 16.5. The molecule has 1 aliphatic rings. The maximum absolute atomic E-state index is 12.6. The first-order valence-corrected chi connectivity index (χ1v) is 9.27. The van der Waals surface area contributed by atoms with E-state index < -0.39 is 0 Å². The largest absolute Gasteiger partial charge is 0.497 e. The summed E-state index contributed by atoms with van der Waals surface area (Å²) in [4.78, 5) is 34.4. The standard InChI is InChI=1S/C21H27N3O3/c1-21(2,3)12-19(25)24-10-9-17-16(13-24)20(26)23-18(22-17)11-14-5-7-15(27-4)8-6-14/h5-8H,9-13H2,1-4H3,(H,22,23,26). The van der Waals surface area contributed by atoms with Crippen LogP contribution in [0.2, 0.25) is 0 Å². The number of carbonyl (C=O) groups is 1. The molecule has 1 amide bonds. The third-order valence-electron chi connectivity index (χ3n) is 4.68. The van der Waals surface area contributed by atoms with Crippen molar-refractivity contribution in [3.8, 4) is 5.75 Å². The molecule has 0 bridgehead atoms. The first-order valence-electron chi connectivity index (χ1n) is 9.27. The Kier molecular flexibility index (Phi) is 5.35. The van der Waals surface area contributed by atoms with E-state index in [-0.39, 0.29) is 16.9 Å². The average molecular weight is 369 g/mol. The zero-order valence-electron chi connectivity index (χ0n) is 16.5. The van der Waals surface area contributed by atoms with Crippen molar-refractivity contribution >= 4 is 5.91 Å². The molecule has 6 nitrogen and oxygen atoms in total. The van der Waals surface area contributed by atoms with Crippen molar-refractivity contribution in [2.75, 3.05) is 13.7 Å². The number of nitrogens with zero attached hydrogens (tertiary/aromatic N) is 2. The molecule has 1 aliphatic heterocycles. The Morgan fingerprint density at radius 3 is 2.59 bits per heavy atom. The molecule has 1 aromatic heterocycles. The summed E-state index contributed by atoms with van der Waals surface area (Å²) >= 11 is 0. The van der Waals surface area contributed by atoms with E-state index in [1.165, 1.54) is 0 Å². The molecule has 0 radical (unpaired) electrons. The van der Waals surface area contributed by atoms with Crippen LogP contribution in [0.1, 0.15) is 49.8 Å². The summed E-state index contributed by atoms with van der Waals surface area (Å²) < 4.78 is 5.17. The quantitative estimate of drug-likeness (QED) is 0.899. The lowest BCUT2D eigenvalue weighted by atomic mass is 9.91. The van der Waals surface area contributed by atoms with Gasteiger partial charge in [0, 0.05) is 25.8 Å². The number of H-pyrrole nitrogens is 1. The van der Waals surface area contributed by atoms with E-state index in [0.29, 0.717) is 43.7 Å². The van der Waals surface area contributed by atoms with Gasteiger partial charge in [0.15, 0.2) is 0 Å². The van der Waals surface area contributed by atoms with Gasteiger partial charge in [0.05, 0.1) is 24.9 Å². The van der Waals surface area contributed by atoms with Crippen molar-refractivity contribution < 1.29 is 9.53 Å². The van der Waals surface area contributed by atoms with Crippen LogP contribution >= 0.6 is 0 Å². The Balaban J connectivity index is 1.75. The Bertz CT molecular complexity index is 879. The fourth-order valence-electron chi connectivity index (χ4n) is 3.28. The number of aromatic amines is 1. The van der Waals surface area contributed by atoms with Crippen LogP contribution in [0.15, 0.2) is 29.1 Å². The molecule has 144 valence electrons. The normalized spacial score (nSPS) is 14.0. The van der Waals surface area contributed by atoms with Gasteiger partial charge in [-0.2, -0.15) is 0 Å². The van der Waals surface area contributed by atoms with E-state index in [1.54, 1.807) is 12.0 Å². The van der Waals surface area contributed by atoms with Crippen molar-refractivity contribution in [2.45, 2.75) is 46.6 Å². The van der Waals surface area contributed by atoms with Crippen LogP contribution in [-0.4, -0.2) is 34.4 Å². The zero-order valence-corrected chi connectivity index (χ0v) is 16.5. The summed E-state index contributed by atoms with van der Waals surface area (Å²) in [5, 5.41) is 0. The molecule has 0 aliphatic carbocycles. The minimum absolute atomic E-state index is 0.0652. The van der Waals surface area contributed by atoms with Gasteiger partial charge in [-0.3, -0.25) is 9.59 Å². The van der Waals surface area contributed by atoms with E-state index in [9.17, 15) is 9.59 Å². The molecule has 0 saturated heterocycles. The van der Waals surface area contributed by atoms with Crippen molar-refractivity contribution in [1.29, 1.82) is 0 Å². The van der Waals surface area contributed by atoms with Crippen molar-refractivity contribution in [2.24, 2.45) is 5.41 Å². The number of ether oxygens (including phenoxy) is 1. The Hall–Kier alpha value is -2.63. The molecule has 1 aromatic carbocycles. The minimum atomic E-state index is -0.142. The number of methoxy groups -OCH3 is 1. The van der Waals surface area contributed by atoms with E-state index >= 15 is 0 Å². The summed E-state index contributed by atoms with van der Waals surface area (Å²) in [5.41, 5.74) is 2.27. The highest BCUT2D eigenvalue weighted by Crippen LogP contribution is 2.22. The van der Waals surface area contributed by atoms with Crippen LogP contribution < -0.4 is 10.3 Å². The van der Waals surface area contributed by atoms with Crippen LogP contribution in [0.25, 0.3) is 0 Å². The molecule has 6 heteroatoms. The summed E-state index contributed by atoms with van der Waals surface area (Å²) in [6, 6.07) is 7.71. The number of fused-ring (bicyclic) bond motifs is 1. The molecule has 0 spiro atoms. The number of rotatable bonds is 4. The second kappa shape index (κ2) is 7.55. The number of amides is 1. The zero-order chi connectivity index (χ0) is 19.6. The van der Waals surface area contributed by atoms with Crippen molar-refractivity contribution in [3.05, 3.63) is 57.3 Å². The van der Waals surface area contributed by atoms with Gasteiger partial charge in [-0.15, -0.1) is 0 Å². The third-order valence-corrected chi connectivity index (χ3v) is 4.68. The van der Waals surface area contributed by atoms with E-state index in [1.807, 2.05) is 45.0 Å². The molecule has 1 N–H and O–H groups in total. The Labute approximate surface area is 159 Å². The summed E-state index contributed by atoms with van der Waals surface area (Å²) in [6.07, 6.45) is 1.65. The fourth-order valence-corrected chi connectivity index (χ4v) is 3.28. The van der Waals surface area contributed by atoms with Crippen LogP contribution in [0.4, 0.5) is 0 Å². The van der Waals surface area contributed by atoms with Gasteiger partial charge in [0.2, 0.25) is 5.91 Å². The summed E-state index contributed by atoms with van der Waals surface area (Å²) in [7, 11) is 1.63. The van der Waals surface area contributed by atoms with Gasteiger partial charge in [-0.25, -0.2) is 4.98 Å². The second-order valence-electron chi connectivity index (χ2n) is 8.27. The molecular formula is C21H27N3O3. The van der Waals surface area contributed by atoms with Crippen LogP contribution in [0, 0.1) is 5.41 Å². The molecule has 0 atom stereocenters. The Morgan fingerprint density at radius 2 is 1.96 bits per heavy atom. The maximum Gasteiger partial charge on any atom is 0.256 e. The fraction of sp³-hybridized carbons (Fsp3) is 0.476. The number of benzene rings is 1. The van der Waals surface area contributed by atoms with Crippen LogP contribution in [-0.2, 0) is 24.2 Å². The highest BCUT2D eigenvalue weighted by Gasteiger charge is 2.27. The van der Waals surface area contributed by atoms with Gasteiger partial charge < -0.3 is 14.6 Å². The molecular weight excluding hydrogens is 342 g/mol. The summed E-state index contributed by atoms with van der Waals surface area (Å²) in [6.45, 7) is 7.09. The van der Waals surface area contributed by atoms with Crippen LogP contribution in [0.3, 0.4) is 0 Å². The van der Waals surface area contributed by atoms with Gasteiger partial charge in [-0.05, 0) is 23.1 Å². The molecule has 0 unspecified atom stereocenters. The smallest absolute Gasteiger partial charge is 0.256 e. The minimum Gasteiger partial charge on any atom is -0.497 e. The van der Waals surface area contributed by atoms with E-state index in [2.05, 4.69) is 9.97 Å². The van der Waals surface area contributed by atoms with Gasteiger partial charge in [0.1, 0.15) is 11.6 Å². The SMILES string of the molecule is COc1ccc(Cc2nc3c(c(=O)[nH]2)CN(C(=O)CC(C)(C)C)CC3)cc1. The first kappa shape index (κ1) is 19.1. The Morgan fingerprint density at radius 1 is 1.26 bits per heavy atom. The topological polar surface area (TPSA) is 75.3 Å². The molecule has 0 saturated carbocycles. The second-order valence-corrected chi connectivity index (χ2v) is 8.27. The first-order chi connectivity index (χ1) is 12.7. The lowest BCUT2D eigenvalue weighted by Crippen LogP contribution is -2.41. The number of hydrogen-bond acceptors (Lipinski definition) is 4. The number of carbonyl (C=O) groups excluding carboxylic acids is 1. The van der Waals surface area contributed by atoms with Gasteiger partial charge in [0.25, 0.3) is 5.56 Å². The lowest BCUT2D eigenvalue weighted by Gasteiger charge is -2.30. The molecule has 3 rings (SSSR count). The van der Waals surface area contributed by atoms with E-state index in [4.69, 9.17) is 4.74 Å². The number of aromatic nitrogens is 2. The van der Waals surface area contributed by atoms with Gasteiger partial charge in [-0.1, -0.05) is 32.9 Å². The number of hydrogen-bond donors (Lipinski definition) is 1. The lowest BCUT2D eigenvalue weighted by molar-refractivity contribution is -0.134. The molecule has 0 fully saturated rings. The van der Waals surface area contributed by atoms with Crippen molar-refractivity contribution in [3.63, 3.8) is 0 Å². The molecule has 2 heterocycles. The van der Waals surface area contributed by atoms with Crippen LogP contribution in [0.5, 0.6) is 5.75 Å². The monoisotopic (exact) mass is 369 g/mol. The third kappa shape index (κ3) is 4.76. The maximum atomic E-state index is 12.6. The predicted molar refractivity (Wildman–Crippen MR) is 104 cm³/mol. The summed E-state index contributed by atoms with van der Waals surface area (Å²) in [5.74, 6) is 1.54. The van der Waals surface area contributed by atoms with Crippen molar-refractivity contribution in [1.82, 2.24) is 14.9 Å². The predicted octanol–water partition coefficient (Wildman–Crippen LogP) is 2.69. The van der Waals surface area contributed by atoms with Gasteiger partial charge >= 0.3 is 0 Å². The highest BCUT2D eigenvalue weighted by molar-refractivity contribution is 5.77. The number of nitrogens with one attached hydrogen (secondary N) is 1. The van der Waals surface area contributed by atoms with E-state index in [0.717, 1.165) is 17.0 Å². The average Bonchev–Trinajstić information content (AvgIpc) is 2.60. The molecule has 2 aromatic rings. The molecule has 27 heavy (non-hydrogen) atoms.